The molecular formula is C11H18N2. The molecule has 13 heavy (non-hydrogen) atoms. The van der Waals surface area contributed by atoms with Crippen molar-refractivity contribution in [1.29, 1.82) is 0 Å². The molecule has 0 unspecified atom stereocenters. The van der Waals surface area contributed by atoms with E-state index in [1.807, 2.05) is 26.8 Å². The highest BCUT2D eigenvalue weighted by Gasteiger charge is 2.01. The van der Waals surface area contributed by atoms with Gasteiger partial charge in [0, 0.05) is 11.3 Å². The third-order valence-electron chi connectivity index (χ3n) is 1.87. The Balaban J connectivity index is 5.21. The monoisotopic (exact) mass is 178 g/mol. The summed E-state index contributed by atoms with van der Waals surface area (Å²) in [5.41, 5.74) is 14.8. The summed E-state index contributed by atoms with van der Waals surface area (Å²) in [5, 5.41) is 0. The van der Waals surface area contributed by atoms with Gasteiger partial charge in [-0.2, -0.15) is 0 Å². The highest BCUT2D eigenvalue weighted by molar-refractivity contribution is 5.46. The first-order chi connectivity index (χ1) is 6.04. The van der Waals surface area contributed by atoms with Crippen molar-refractivity contribution < 1.29 is 0 Å². The second-order valence-electron chi connectivity index (χ2n) is 2.94. The second kappa shape index (κ2) is 5.25. The Hall–Kier alpha value is -1.44. The Bertz CT molecular complexity index is 280. The number of hydrogen-bond acceptors (Lipinski definition) is 2. The molecule has 0 rings (SSSR count). The number of nitrogens with two attached hydrogens (primary N) is 2. The van der Waals surface area contributed by atoms with Crippen molar-refractivity contribution in [2.45, 2.75) is 20.8 Å². The summed E-state index contributed by atoms with van der Waals surface area (Å²) in [4.78, 5) is 0. The minimum absolute atomic E-state index is 0.733. The van der Waals surface area contributed by atoms with E-state index >= 15 is 0 Å². The average molecular weight is 178 g/mol. The third-order valence-corrected chi connectivity index (χ3v) is 1.87. The fourth-order valence-corrected chi connectivity index (χ4v) is 0.926. The molecule has 0 radical (unpaired) electrons. The summed E-state index contributed by atoms with van der Waals surface area (Å²) < 4.78 is 0. The SMILES string of the molecule is C=C(C)C(/C=C\N)=C(N)\C(C)=C/C. The maximum absolute atomic E-state index is 5.90. The van der Waals surface area contributed by atoms with Gasteiger partial charge in [0.1, 0.15) is 0 Å². The molecule has 0 aromatic carbocycles. The van der Waals surface area contributed by atoms with E-state index in [4.69, 9.17) is 11.5 Å². The molecule has 0 aromatic heterocycles. The van der Waals surface area contributed by atoms with E-state index in [1.165, 1.54) is 6.20 Å². The van der Waals surface area contributed by atoms with Crippen molar-refractivity contribution in [1.82, 2.24) is 0 Å². The zero-order chi connectivity index (χ0) is 10.4. The van der Waals surface area contributed by atoms with Gasteiger partial charge in [-0.1, -0.05) is 12.7 Å². The van der Waals surface area contributed by atoms with Gasteiger partial charge in [0.15, 0.2) is 0 Å². The summed E-state index contributed by atoms with van der Waals surface area (Å²) in [6.45, 7) is 9.66. The number of rotatable bonds is 3. The van der Waals surface area contributed by atoms with E-state index in [9.17, 15) is 0 Å². The molecular weight excluding hydrogens is 160 g/mol. The Morgan fingerprint density at radius 3 is 2.15 bits per heavy atom. The number of allylic oxidation sites excluding steroid dienone is 5. The molecule has 0 bridgehead atoms. The lowest BCUT2D eigenvalue weighted by molar-refractivity contribution is 1.22. The molecule has 0 saturated carbocycles. The lowest BCUT2D eigenvalue weighted by Gasteiger charge is -2.08. The average Bonchev–Trinajstić information content (AvgIpc) is 2.11. The molecule has 2 nitrogen and oxygen atoms in total. The van der Waals surface area contributed by atoms with Crippen LogP contribution in [0.4, 0.5) is 0 Å². The predicted molar refractivity (Wildman–Crippen MR) is 58.8 cm³/mol. The minimum Gasteiger partial charge on any atom is -0.405 e. The normalized spacial score (nSPS) is 14.5. The lowest BCUT2D eigenvalue weighted by Crippen LogP contribution is -2.04. The largest absolute Gasteiger partial charge is 0.405 e. The first kappa shape index (κ1) is 11.6. The van der Waals surface area contributed by atoms with Gasteiger partial charge < -0.3 is 11.5 Å². The summed E-state index contributed by atoms with van der Waals surface area (Å²) in [6.07, 6.45) is 5.20. The van der Waals surface area contributed by atoms with Crippen LogP contribution in [0.3, 0.4) is 0 Å². The Labute approximate surface area is 80.3 Å². The molecule has 0 aliphatic heterocycles. The van der Waals surface area contributed by atoms with Crippen LogP contribution in [0.5, 0.6) is 0 Å². The fourth-order valence-electron chi connectivity index (χ4n) is 0.926. The second-order valence-corrected chi connectivity index (χ2v) is 2.94. The van der Waals surface area contributed by atoms with Crippen LogP contribution in [0.15, 0.2) is 47.3 Å². The van der Waals surface area contributed by atoms with Crippen molar-refractivity contribution in [2.75, 3.05) is 0 Å². The number of hydrogen-bond donors (Lipinski definition) is 2. The van der Waals surface area contributed by atoms with E-state index in [1.54, 1.807) is 6.08 Å². The van der Waals surface area contributed by atoms with Gasteiger partial charge in [-0.15, -0.1) is 0 Å². The van der Waals surface area contributed by atoms with Crippen LogP contribution in [0.1, 0.15) is 20.8 Å². The van der Waals surface area contributed by atoms with Crippen LogP contribution in [0.25, 0.3) is 0 Å². The fraction of sp³-hybridized carbons (Fsp3) is 0.273. The van der Waals surface area contributed by atoms with Crippen molar-refractivity contribution in [3.63, 3.8) is 0 Å². The lowest BCUT2D eigenvalue weighted by atomic mass is 10.0. The standard InChI is InChI=1S/C11H18N2/c1-5-9(4)11(13)10(6-7-12)8(2)3/h5-7H,2,12-13H2,1,3-4H3/b7-6-,9-5-,11-10+. The molecule has 0 heterocycles. The molecule has 0 fully saturated rings. The zero-order valence-electron chi connectivity index (χ0n) is 8.59. The zero-order valence-corrected chi connectivity index (χ0v) is 8.59. The van der Waals surface area contributed by atoms with Crippen molar-refractivity contribution in [3.8, 4) is 0 Å². The molecule has 0 aromatic rings. The van der Waals surface area contributed by atoms with Gasteiger partial charge >= 0.3 is 0 Å². The Morgan fingerprint density at radius 1 is 1.31 bits per heavy atom. The van der Waals surface area contributed by atoms with E-state index in [0.29, 0.717) is 0 Å². The van der Waals surface area contributed by atoms with Crippen LogP contribution in [0, 0.1) is 0 Å². The van der Waals surface area contributed by atoms with E-state index in [0.717, 1.165) is 22.4 Å². The van der Waals surface area contributed by atoms with Gasteiger partial charge in [0.05, 0.1) is 0 Å². The molecule has 0 aliphatic rings. The van der Waals surface area contributed by atoms with Crippen LogP contribution in [-0.2, 0) is 0 Å². The highest BCUT2D eigenvalue weighted by Crippen LogP contribution is 2.16. The maximum Gasteiger partial charge on any atom is 0.0417 e. The minimum atomic E-state index is 0.733. The van der Waals surface area contributed by atoms with Crippen molar-refractivity contribution in [3.05, 3.63) is 47.3 Å². The van der Waals surface area contributed by atoms with Crippen LogP contribution in [0.2, 0.25) is 0 Å². The quantitative estimate of drug-likeness (QED) is 0.651. The summed E-state index contributed by atoms with van der Waals surface area (Å²) in [7, 11) is 0. The topological polar surface area (TPSA) is 52.0 Å². The van der Waals surface area contributed by atoms with Gasteiger partial charge in [0.2, 0.25) is 0 Å². The first-order valence-electron chi connectivity index (χ1n) is 4.21. The van der Waals surface area contributed by atoms with E-state index < -0.39 is 0 Å². The van der Waals surface area contributed by atoms with Crippen LogP contribution < -0.4 is 11.5 Å². The van der Waals surface area contributed by atoms with Gasteiger partial charge in [0.25, 0.3) is 0 Å². The maximum atomic E-state index is 5.90. The molecule has 72 valence electrons. The Kier molecular flexibility index (Phi) is 4.67. The molecule has 2 heteroatoms. The van der Waals surface area contributed by atoms with Gasteiger partial charge in [-0.3, -0.25) is 0 Å². The summed E-state index contributed by atoms with van der Waals surface area (Å²) in [6, 6.07) is 0. The van der Waals surface area contributed by atoms with Crippen LogP contribution >= 0.6 is 0 Å². The molecule has 0 amide bonds. The first-order valence-corrected chi connectivity index (χ1v) is 4.21. The molecule has 4 N–H and O–H groups in total. The molecule has 0 spiro atoms. The highest BCUT2D eigenvalue weighted by atomic mass is 14.6. The smallest absolute Gasteiger partial charge is 0.0417 e. The Morgan fingerprint density at radius 2 is 1.85 bits per heavy atom. The van der Waals surface area contributed by atoms with Gasteiger partial charge in [-0.25, -0.2) is 0 Å². The summed E-state index contributed by atoms with van der Waals surface area (Å²) >= 11 is 0. The van der Waals surface area contributed by atoms with Crippen molar-refractivity contribution >= 4 is 0 Å². The van der Waals surface area contributed by atoms with E-state index in [2.05, 4.69) is 6.58 Å². The van der Waals surface area contributed by atoms with Crippen molar-refractivity contribution in [2.24, 2.45) is 11.5 Å². The molecule has 0 aliphatic carbocycles. The third kappa shape index (κ3) is 3.20. The van der Waals surface area contributed by atoms with Crippen LogP contribution in [-0.4, -0.2) is 0 Å². The molecule has 0 saturated heterocycles. The summed E-state index contributed by atoms with van der Waals surface area (Å²) in [5.74, 6) is 0. The van der Waals surface area contributed by atoms with Gasteiger partial charge in [-0.05, 0) is 44.2 Å². The predicted octanol–water partition coefficient (Wildman–Crippen LogP) is 2.21. The molecule has 0 atom stereocenters. The van der Waals surface area contributed by atoms with E-state index in [-0.39, 0.29) is 0 Å².